The maximum atomic E-state index is 12.6. The minimum absolute atomic E-state index is 0.255. The van der Waals surface area contributed by atoms with E-state index < -0.39 is 5.60 Å². The molecule has 13 heavy (non-hydrogen) atoms. The lowest BCUT2D eigenvalue weighted by molar-refractivity contribution is -0.642. The zero-order chi connectivity index (χ0) is 9.31. The molecule has 0 aromatic heterocycles. The van der Waals surface area contributed by atoms with Crippen LogP contribution in [0.2, 0.25) is 0 Å². The molecular formula is C10H13FNO+. The number of quaternary nitrogens is 1. The molecule has 3 heteroatoms. The van der Waals surface area contributed by atoms with Crippen LogP contribution in [-0.2, 0) is 5.60 Å². The zero-order valence-electron chi connectivity index (χ0n) is 7.33. The fraction of sp³-hybridized carbons (Fsp3) is 0.400. The van der Waals surface area contributed by atoms with Crippen LogP contribution in [0.4, 0.5) is 4.39 Å². The predicted octanol–water partition coefficient (Wildman–Crippen LogP) is -0.0196. The average Bonchev–Trinajstić information content (AvgIpc) is 2.54. The SMILES string of the molecule is OC1(c2ccc(F)cc2)CC[NH2+]C1. The predicted molar refractivity (Wildman–Crippen MR) is 46.6 cm³/mol. The van der Waals surface area contributed by atoms with Gasteiger partial charge in [0.05, 0.1) is 6.54 Å². The van der Waals surface area contributed by atoms with E-state index in [9.17, 15) is 9.50 Å². The molecular weight excluding hydrogens is 169 g/mol. The third-order valence-electron chi connectivity index (χ3n) is 2.63. The fourth-order valence-electron chi connectivity index (χ4n) is 1.81. The molecule has 1 unspecified atom stereocenters. The molecule has 0 aliphatic carbocycles. The van der Waals surface area contributed by atoms with Gasteiger partial charge in [-0.2, -0.15) is 0 Å². The first-order valence-electron chi connectivity index (χ1n) is 4.51. The van der Waals surface area contributed by atoms with Gasteiger partial charge in [0.15, 0.2) is 0 Å². The standard InChI is InChI=1S/C10H12FNO/c11-9-3-1-8(2-4-9)10(13)5-6-12-7-10/h1-4,12-13H,5-7H2/p+1. The van der Waals surface area contributed by atoms with Crippen LogP contribution in [-0.4, -0.2) is 18.2 Å². The van der Waals surface area contributed by atoms with Crippen molar-refractivity contribution >= 4 is 0 Å². The van der Waals surface area contributed by atoms with Gasteiger partial charge in [-0.1, -0.05) is 12.1 Å². The number of benzene rings is 1. The summed E-state index contributed by atoms with van der Waals surface area (Å²) in [5.74, 6) is -0.255. The monoisotopic (exact) mass is 182 g/mol. The Morgan fingerprint density at radius 1 is 1.31 bits per heavy atom. The van der Waals surface area contributed by atoms with E-state index in [4.69, 9.17) is 0 Å². The lowest BCUT2D eigenvalue weighted by Crippen LogP contribution is -2.82. The highest BCUT2D eigenvalue weighted by molar-refractivity contribution is 5.23. The van der Waals surface area contributed by atoms with Crippen LogP contribution in [0.25, 0.3) is 0 Å². The van der Waals surface area contributed by atoms with Crippen LogP contribution in [0.3, 0.4) is 0 Å². The first-order valence-corrected chi connectivity index (χ1v) is 4.51. The van der Waals surface area contributed by atoms with Gasteiger partial charge in [0.25, 0.3) is 0 Å². The van der Waals surface area contributed by atoms with Crippen molar-refractivity contribution in [2.75, 3.05) is 13.1 Å². The van der Waals surface area contributed by atoms with Crippen molar-refractivity contribution < 1.29 is 14.8 Å². The lowest BCUT2D eigenvalue weighted by Gasteiger charge is -2.18. The molecule has 0 spiro atoms. The van der Waals surface area contributed by atoms with Gasteiger partial charge in [0, 0.05) is 6.42 Å². The summed E-state index contributed by atoms with van der Waals surface area (Å²) in [5.41, 5.74) is 0.0795. The summed E-state index contributed by atoms with van der Waals surface area (Å²) >= 11 is 0. The second-order valence-corrected chi connectivity index (χ2v) is 3.57. The highest BCUT2D eigenvalue weighted by atomic mass is 19.1. The smallest absolute Gasteiger partial charge is 0.143 e. The fourth-order valence-corrected chi connectivity index (χ4v) is 1.81. The highest BCUT2D eigenvalue weighted by Crippen LogP contribution is 2.24. The third-order valence-corrected chi connectivity index (χ3v) is 2.63. The summed E-state index contributed by atoms with van der Waals surface area (Å²) in [5, 5.41) is 12.2. The number of aliphatic hydroxyl groups is 1. The summed E-state index contributed by atoms with van der Waals surface area (Å²) < 4.78 is 12.6. The highest BCUT2D eigenvalue weighted by Gasteiger charge is 2.36. The third kappa shape index (κ3) is 1.57. The Bertz CT molecular complexity index is 290. The van der Waals surface area contributed by atoms with E-state index in [1.807, 2.05) is 0 Å². The van der Waals surface area contributed by atoms with Gasteiger partial charge in [-0.05, 0) is 17.7 Å². The Balaban J connectivity index is 2.29. The Hall–Kier alpha value is -0.930. The molecule has 1 heterocycles. The van der Waals surface area contributed by atoms with E-state index in [1.165, 1.54) is 12.1 Å². The van der Waals surface area contributed by atoms with E-state index >= 15 is 0 Å². The molecule has 1 aromatic rings. The van der Waals surface area contributed by atoms with Crippen LogP contribution in [0.15, 0.2) is 24.3 Å². The van der Waals surface area contributed by atoms with Gasteiger partial charge < -0.3 is 10.4 Å². The molecule has 2 rings (SSSR count). The van der Waals surface area contributed by atoms with E-state index in [-0.39, 0.29) is 5.82 Å². The Kier molecular flexibility index (Phi) is 2.06. The minimum atomic E-state index is -0.742. The molecule has 2 nitrogen and oxygen atoms in total. The Morgan fingerprint density at radius 3 is 2.54 bits per heavy atom. The van der Waals surface area contributed by atoms with Crippen molar-refractivity contribution in [2.45, 2.75) is 12.0 Å². The van der Waals surface area contributed by atoms with E-state index in [0.29, 0.717) is 6.54 Å². The summed E-state index contributed by atoms with van der Waals surface area (Å²) in [6.07, 6.45) is 0.749. The van der Waals surface area contributed by atoms with Gasteiger partial charge in [0.2, 0.25) is 0 Å². The Labute approximate surface area is 76.4 Å². The molecule has 1 saturated heterocycles. The molecule has 1 fully saturated rings. The normalized spacial score (nSPS) is 27.8. The largest absolute Gasteiger partial charge is 0.379 e. The van der Waals surface area contributed by atoms with Crippen LogP contribution >= 0.6 is 0 Å². The van der Waals surface area contributed by atoms with E-state index in [1.54, 1.807) is 12.1 Å². The van der Waals surface area contributed by atoms with Crippen LogP contribution in [0.1, 0.15) is 12.0 Å². The summed E-state index contributed by atoms with van der Waals surface area (Å²) in [6, 6.07) is 6.11. The second kappa shape index (κ2) is 3.09. The number of hydrogen-bond donors (Lipinski definition) is 2. The molecule has 0 amide bonds. The Morgan fingerprint density at radius 2 is 2.00 bits per heavy atom. The number of halogens is 1. The van der Waals surface area contributed by atoms with Crippen molar-refractivity contribution in [1.82, 2.24) is 0 Å². The summed E-state index contributed by atoms with van der Waals surface area (Å²) in [6.45, 7) is 1.62. The molecule has 0 bridgehead atoms. The van der Waals surface area contributed by atoms with Gasteiger partial charge in [0.1, 0.15) is 18.0 Å². The van der Waals surface area contributed by atoms with Crippen LogP contribution in [0, 0.1) is 5.82 Å². The number of nitrogens with two attached hydrogens (primary N) is 1. The molecule has 1 aromatic carbocycles. The molecule has 1 aliphatic heterocycles. The first-order chi connectivity index (χ1) is 6.21. The van der Waals surface area contributed by atoms with Crippen LogP contribution < -0.4 is 5.32 Å². The van der Waals surface area contributed by atoms with Crippen molar-refractivity contribution in [2.24, 2.45) is 0 Å². The number of rotatable bonds is 1. The maximum absolute atomic E-state index is 12.6. The maximum Gasteiger partial charge on any atom is 0.143 e. The van der Waals surface area contributed by atoms with Gasteiger partial charge >= 0.3 is 0 Å². The zero-order valence-corrected chi connectivity index (χ0v) is 7.33. The second-order valence-electron chi connectivity index (χ2n) is 3.57. The minimum Gasteiger partial charge on any atom is -0.379 e. The van der Waals surface area contributed by atoms with Gasteiger partial charge in [-0.25, -0.2) is 4.39 Å². The molecule has 1 atom stereocenters. The molecule has 70 valence electrons. The van der Waals surface area contributed by atoms with Crippen LogP contribution in [0.5, 0.6) is 0 Å². The molecule has 1 aliphatic rings. The molecule has 3 N–H and O–H groups in total. The summed E-state index contributed by atoms with van der Waals surface area (Å²) in [4.78, 5) is 0. The summed E-state index contributed by atoms with van der Waals surface area (Å²) in [7, 11) is 0. The van der Waals surface area contributed by atoms with Crippen molar-refractivity contribution in [1.29, 1.82) is 0 Å². The van der Waals surface area contributed by atoms with Gasteiger partial charge in [-0.15, -0.1) is 0 Å². The molecule has 0 saturated carbocycles. The first kappa shape index (κ1) is 8.66. The van der Waals surface area contributed by atoms with Crippen molar-refractivity contribution in [3.05, 3.63) is 35.6 Å². The van der Waals surface area contributed by atoms with E-state index in [2.05, 4.69) is 5.32 Å². The van der Waals surface area contributed by atoms with E-state index in [0.717, 1.165) is 18.5 Å². The topological polar surface area (TPSA) is 36.8 Å². The van der Waals surface area contributed by atoms with Crippen molar-refractivity contribution in [3.63, 3.8) is 0 Å². The average molecular weight is 182 g/mol. The van der Waals surface area contributed by atoms with Gasteiger partial charge in [-0.3, -0.25) is 0 Å². The quantitative estimate of drug-likeness (QED) is 0.629. The van der Waals surface area contributed by atoms with Crippen molar-refractivity contribution in [3.8, 4) is 0 Å². The number of hydrogen-bond acceptors (Lipinski definition) is 1. The molecule has 0 radical (unpaired) electrons. The lowest BCUT2D eigenvalue weighted by atomic mass is 9.93.